The average molecular weight is 428 g/mol. The summed E-state index contributed by atoms with van der Waals surface area (Å²) < 4.78 is 10.4. The summed E-state index contributed by atoms with van der Waals surface area (Å²) in [5.74, 6) is 1.02. The molecule has 1 aromatic heterocycles. The monoisotopic (exact) mass is 427 g/mol. The Bertz CT molecular complexity index is 1170. The number of ether oxygens (including phenoxy) is 2. The summed E-state index contributed by atoms with van der Waals surface area (Å²) in [6.45, 7) is 1.27. The van der Waals surface area contributed by atoms with E-state index in [1.807, 2.05) is 17.0 Å². The van der Waals surface area contributed by atoms with E-state index in [0.29, 0.717) is 52.7 Å². The fourth-order valence-corrected chi connectivity index (χ4v) is 3.98. The van der Waals surface area contributed by atoms with Gasteiger partial charge in [0.15, 0.2) is 5.43 Å². The molecule has 1 aliphatic heterocycles. The summed E-state index contributed by atoms with van der Waals surface area (Å²) in [5.41, 5.74) is 2.99. The first kappa shape index (κ1) is 20.3. The summed E-state index contributed by atoms with van der Waals surface area (Å²) in [5, 5.41) is 3.86. The van der Waals surface area contributed by atoms with E-state index in [0.717, 1.165) is 11.2 Å². The van der Waals surface area contributed by atoms with Crippen LogP contribution < -0.4 is 20.2 Å². The zero-order chi connectivity index (χ0) is 21.3. The van der Waals surface area contributed by atoms with Gasteiger partial charge in [0.05, 0.1) is 25.8 Å². The zero-order valence-electron chi connectivity index (χ0n) is 16.8. The number of fused-ring (bicyclic) bond motifs is 2. The molecule has 0 fully saturated rings. The first-order valence-electron chi connectivity index (χ1n) is 9.56. The molecule has 3 aromatic rings. The van der Waals surface area contributed by atoms with E-state index in [9.17, 15) is 9.59 Å². The SMILES string of the molecule is COc1ccc2[nH]c3c(c(=O)c2c1)CN(CC(=O)Nc1ccc(OC)c(Cl)c1)CC3. The van der Waals surface area contributed by atoms with Gasteiger partial charge in [0.25, 0.3) is 0 Å². The Labute approximate surface area is 178 Å². The predicted molar refractivity (Wildman–Crippen MR) is 117 cm³/mol. The van der Waals surface area contributed by atoms with Crippen molar-refractivity contribution in [2.45, 2.75) is 13.0 Å². The molecule has 0 atom stereocenters. The summed E-state index contributed by atoms with van der Waals surface area (Å²) in [7, 11) is 3.11. The molecule has 0 saturated heterocycles. The molecule has 2 aromatic carbocycles. The Morgan fingerprint density at radius 1 is 1.20 bits per heavy atom. The molecule has 156 valence electrons. The number of H-pyrrole nitrogens is 1. The molecule has 0 saturated carbocycles. The number of benzene rings is 2. The number of rotatable bonds is 5. The van der Waals surface area contributed by atoms with Crippen LogP contribution in [0.3, 0.4) is 0 Å². The number of aromatic amines is 1. The van der Waals surface area contributed by atoms with Gasteiger partial charge in [0.1, 0.15) is 11.5 Å². The molecule has 30 heavy (non-hydrogen) atoms. The molecule has 0 bridgehead atoms. The van der Waals surface area contributed by atoms with Crippen molar-refractivity contribution < 1.29 is 14.3 Å². The minimum absolute atomic E-state index is 0.0234. The summed E-state index contributed by atoms with van der Waals surface area (Å²) in [4.78, 5) is 30.9. The zero-order valence-corrected chi connectivity index (χ0v) is 17.5. The number of halogens is 1. The lowest BCUT2D eigenvalue weighted by molar-refractivity contribution is -0.117. The molecular formula is C22H22ClN3O4. The first-order valence-corrected chi connectivity index (χ1v) is 9.94. The van der Waals surface area contributed by atoms with Crippen molar-refractivity contribution in [2.24, 2.45) is 0 Å². The van der Waals surface area contributed by atoms with Gasteiger partial charge in [0.2, 0.25) is 5.91 Å². The van der Waals surface area contributed by atoms with Crippen LogP contribution in [0.1, 0.15) is 11.3 Å². The van der Waals surface area contributed by atoms with E-state index in [-0.39, 0.29) is 17.9 Å². The number of methoxy groups -OCH3 is 2. The van der Waals surface area contributed by atoms with Crippen molar-refractivity contribution in [1.82, 2.24) is 9.88 Å². The quantitative estimate of drug-likeness (QED) is 0.653. The third-order valence-electron chi connectivity index (χ3n) is 5.26. The minimum Gasteiger partial charge on any atom is -0.497 e. The maximum atomic E-state index is 13.0. The number of aromatic nitrogens is 1. The van der Waals surface area contributed by atoms with Gasteiger partial charge >= 0.3 is 0 Å². The number of carbonyl (C=O) groups is 1. The lowest BCUT2D eigenvalue weighted by Crippen LogP contribution is -2.39. The van der Waals surface area contributed by atoms with Crippen molar-refractivity contribution in [2.75, 3.05) is 32.6 Å². The normalized spacial score (nSPS) is 13.7. The molecule has 0 unspecified atom stereocenters. The Hall–Kier alpha value is -3.03. The Morgan fingerprint density at radius 3 is 2.77 bits per heavy atom. The van der Waals surface area contributed by atoms with Gasteiger partial charge in [-0.05, 0) is 36.4 Å². The van der Waals surface area contributed by atoms with Crippen molar-refractivity contribution in [3.63, 3.8) is 0 Å². The predicted octanol–water partition coefficient (Wildman–Crippen LogP) is 3.20. The molecule has 8 heteroatoms. The second-order valence-electron chi connectivity index (χ2n) is 7.18. The van der Waals surface area contributed by atoms with Crippen molar-refractivity contribution in [1.29, 1.82) is 0 Å². The molecular weight excluding hydrogens is 406 g/mol. The van der Waals surface area contributed by atoms with E-state index in [1.165, 1.54) is 7.11 Å². The number of amides is 1. The highest BCUT2D eigenvalue weighted by atomic mass is 35.5. The first-order chi connectivity index (χ1) is 14.5. The number of pyridine rings is 1. The lowest BCUT2D eigenvalue weighted by atomic mass is 10.0. The smallest absolute Gasteiger partial charge is 0.238 e. The highest BCUT2D eigenvalue weighted by Gasteiger charge is 2.22. The Balaban J connectivity index is 1.49. The number of nitrogens with one attached hydrogen (secondary N) is 2. The van der Waals surface area contributed by atoms with E-state index in [2.05, 4.69) is 10.3 Å². The van der Waals surface area contributed by atoms with Crippen molar-refractivity contribution >= 4 is 34.1 Å². The van der Waals surface area contributed by atoms with Gasteiger partial charge < -0.3 is 19.8 Å². The molecule has 0 radical (unpaired) electrons. The van der Waals surface area contributed by atoms with Gasteiger partial charge in [-0.15, -0.1) is 0 Å². The van der Waals surface area contributed by atoms with Crippen LogP contribution in [0.2, 0.25) is 5.02 Å². The largest absolute Gasteiger partial charge is 0.497 e. The molecule has 1 aliphatic rings. The van der Waals surface area contributed by atoms with Crippen LogP contribution in [0, 0.1) is 0 Å². The van der Waals surface area contributed by atoms with Crippen molar-refractivity contribution in [3.05, 3.63) is 62.9 Å². The van der Waals surface area contributed by atoms with Crippen LogP contribution in [0.25, 0.3) is 10.9 Å². The van der Waals surface area contributed by atoms with E-state index in [4.69, 9.17) is 21.1 Å². The molecule has 2 N–H and O–H groups in total. The highest BCUT2D eigenvalue weighted by molar-refractivity contribution is 6.32. The topological polar surface area (TPSA) is 83.7 Å². The third kappa shape index (κ3) is 3.99. The van der Waals surface area contributed by atoms with Gasteiger partial charge in [-0.1, -0.05) is 11.6 Å². The Morgan fingerprint density at radius 2 is 2.03 bits per heavy atom. The standard InChI is InChI=1S/C22H22ClN3O4/c1-29-14-4-5-18-15(10-14)22(28)16-11-26(8-7-19(16)25-18)12-21(27)24-13-3-6-20(30-2)17(23)9-13/h3-6,9-10H,7-8,11-12H2,1-2H3,(H,24,27)(H,25,28). The number of anilines is 1. The van der Waals surface area contributed by atoms with E-state index in [1.54, 1.807) is 31.4 Å². The Kier molecular flexibility index (Phi) is 5.65. The lowest BCUT2D eigenvalue weighted by Gasteiger charge is -2.28. The fraction of sp³-hybridized carbons (Fsp3) is 0.273. The van der Waals surface area contributed by atoms with Crippen molar-refractivity contribution in [3.8, 4) is 11.5 Å². The molecule has 0 aliphatic carbocycles. The minimum atomic E-state index is -0.168. The molecule has 7 nitrogen and oxygen atoms in total. The van der Waals surface area contributed by atoms with E-state index < -0.39 is 0 Å². The van der Waals surface area contributed by atoms with Gasteiger partial charge in [-0.25, -0.2) is 0 Å². The fourth-order valence-electron chi connectivity index (χ4n) is 3.72. The van der Waals surface area contributed by atoms with Crippen LogP contribution in [0.15, 0.2) is 41.2 Å². The van der Waals surface area contributed by atoms with E-state index >= 15 is 0 Å². The van der Waals surface area contributed by atoms with Gasteiger partial charge in [-0.2, -0.15) is 0 Å². The van der Waals surface area contributed by atoms with Crippen LogP contribution in [-0.4, -0.2) is 43.1 Å². The average Bonchev–Trinajstić information content (AvgIpc) is 2.74. The molecule has 0 spiro atoms. The van der Waals surface area contributed by atoms with Crippen LogP contribution in [0.5, 0.6) is 11.5 Å². The van der Waals surface area contributed by atoms with Crippen LogP contribution >= 0.6 is 11.6 Å². The van der Waals surface area contributed by atoms with Crippen LogP contribution in [-0.2, 0) is 17.8 Å². The summed E-state index contributed by atoms with van der Waals surface area (Å²) in [6, 6.07) is 10.5. The number of hydrogen-bond donors (Lipinski definition) is 2. The number of carbonyl (C=O) groups excluding carboxylic acids is 1. The second kappa shape index (κ2) is 8.38. The molecule has 2 heterocycles. The van der Waals surface area contributed by atoms with Gasteiger partial charge in [0, 0.05) is 47.4 Å². The maximum Gasteiger partial charge on any atom is 0.238 e. The second-order valence-corrected chi connectivity index (χ2v) is 7.59. The summed E-state index contributed by atoms with van der Waals surface area (Å²) in [6.07, 6.45) is 0.675. The van der Waals surface area contributed by atoms with Gasteiger partial charge in [-0.3, -0.25) is 14.5 Å². The number of hydrogen-bond acceptors (Lipinski definition) is 5. The molecule has 1 amide bonds. The molecule has 4 rings (SSSR count). The summed E-state index contributed by atoms with van der Waals surface area (Å²) >= 11 is 6.11. The van der Waals surface area contributed by atoms with Crippen LogP contribution in [0.4, 0.5) is 5.69 Å². The number of nitrogens with zero attached hydrogens (tertiary/aromatic N) is 1. The maximum absolute atomic E-state index is 13.0. The highest BCUT2D eigenvalue weighted by Crippen LogP contribution is 2.27. The third-order valence-corrected chi connectivity index (χ3v) is 5.55.